The first kappa shape index (κ1) is 14.2. The lowest BCUT2D eigenvalue weighted by Crippen LogP contribution is -2.52. The van der Waals surface area contributed by atoms with Gasteiger partial charge in [-0.05, 0) is 34.1 Å². The molecule has 0 bridgehead atoms. The quantitative estimate of drug-likeness (QED) is 0.848. The first-order valence-corrected chi connectivity index (χ1v) is 7.23. The van der Waals surface area contributed by atoms with Crippen molar-refractivity contribution in [2.24, 2.45) is 0 Å². The van der Waals surface area contributed by atoms with Crippen LogP contribution >= 0.6 is 27.3 Å². The van der Waals surface area contributed by atoms with Crippen molar-refractivity contribution in [3.05, 3.63) is 26.9 Å². The third-order valence-electron chi connectivity index (χ3n) is 2.68. The third kappa shape index (κ3) is 3.65. The maximum atomic E-state index is 12.0. The minimum absolute atomic E-state index is 0.0411. The fraction of sp³-hybridized carbons (Fsp3) is 0.333. The molecule has 1 atom stereocenters. The van der Waals surface area contributed by atoms with Crippen LogP contribution in [-0.2, 0) is 14.3 Å². The fourth-order valence-electron chi connectivity index (χ4n) is 1.74. The van der Waals surface area contributed by atoms with Gasteiger partial charge in [0.2, 0.25) is 5.91 Å². The molecule has 0 radical (unpaired) electrons. The van der Waals surface area contributed by atoms with E-state index in [0.717, 1.165) is 8.66 Å². The molecular weight excluding hydrogens is 334 g/mol. The van der Waals surface area contributed by atoms with Crippen molar-refractivity contribution >= 4 is 45.2 Å². The lowest BCUT2D eigenvalue weighted by atomic mass is 10.2. The zero-order valence-electron chi connectivity index (χ0n) is 9.91. The summed E-state index contributed by atoms with van der Waals surface area (Å²) in [5, 5.41) is 9.04. The zero-order chi connectivity index (χ0) is 13.8. The number of aliphatic carboxylic acids is 1. The summed E-state index contributed by atoms with van der Waals surface area (Å²) in [7, 11) is 0. The van der Waals surface area contributed by atoms with Crippen LogP contribution in [0.25, 0.3) is 6.08 Å². The molecule has 2 rings (SSSR count). The van der Waals surface area contributed by atoms with Gasteiger partial charge < -0.3 is 14.7 Å². The van der Waals surface area contributed by atoms with Crippen LogP contribution in [-0.4, -0.2) is 47.7 Å². The van der Waals surface area contributed by atoms with Crippen molar-refractivity contribution < 1.29 is 19.4 Å². The first-order chi connectivity index (χ1) is 9.08. The number of carbonyl (C=O) groups excluding carboxylic acids is 1. The highest BCUT2D eigenvalue weighted by Crippen LogP contribution is 2.23. The summed E-state index contributed by atoms with van der Waals surface area (Å²) >= 11 is 4.84. The molecule has 0 aromatic carbocycles. The van der Waals surface area contributed by atoms with Crippen LogP contribution in [0.1, 0.15) is 4.88 Å². The summed E-state index contributed by atoms with van der Waals surface area (Å²) in [4.78, 5) is 25.3. The Morgan fingerprint density at radius 1 is 1.53 bits per heavy atom. The summed E-state index contributed by atoms with van der Waals surface area (Å²) in [5.41, 5.74) is 0. The number of thiophene rings is 1. The molecule has 0 saturated carbocycles. The first-order valence-electron chi connectivity index (χ1n) is 5.62. The van der Waals surface area contributed by atoms with Gasteiger partial charge in [-0.1, -0.05) is 0 Å². The third-order valence-corrected chi connectivity index (χ3v) is 4.27. The molecule has 1 aliphatic rings. The molecule has 1 aromatic heterocycles. The van der Waals surface area contributed by atoms with E-state index in [1.807, 2.05) is 12.1 Å². The molecule has 19 heavy (non-hydrogen) atoms. The van der Waals surface area contributed by atoms with Gasteiger partial charge in [-0.2, -0.15) is 0 Å². The van der Waals surface area contributed by atoms with Crippen LogP contribution < -0.4 is 0 Å². The molecule has 1 N–H and O–H groups in total. The molecule has 1 fully saturated rings. The van der Waals surface area contributed by atoms with Gasteiger partial charge in [-0.3, -0.25) is 4.79 Å². The Morgan fingerprint density at radius 3 is 2.95 bits per heavy atom. The molecule has 102 valence electrons. The number of amides is 1. The van der Waals surface area contributed by atoms with Crippen molar-refractivity contribution in [3.8, 4) is 0 Å². The molecule has 7 heteroatoms. The van der Waals surface area contributed by atoms with E-state index in [1.54, 1.807) is 6.08 Å². The smallest absolute Gasteiger partial charge is 0.328 e. The summed E-state index contributed by atoms with van der Waals surface area (Å²) in [6, 6.07) is 2.87. The predicted molar refractivity (Wildman–Crippen MR) is 75.0 cm³/mol. The standard InChI is InChI=1S/C12H12BrNO4S/c13-10-3-1-8(19-10)2-4-11(15)14-5-6-18-7-9(14)12(16)17/h1-4,9H,5-7H2,(H,16,17)/b4-2+/t9-/m1/s1. The van der Waals surface area contributed by atoms with E-state index in [0.29, 0.717) is 13.2 Å². The molecule has 5 nitrogen and oxygen atoms in total. The SMILES string of the molecule is O=C(O)[C@H]1COCCN1C(=O)/C=C/c1ccc(Br)s1. The van der Waals surface area contributed by atoms with Gasteiger partial charge in [-0.15, -0.1) is 11.3 Å². The Morgan fingerprint density at radius 2 is 2.32 bits per heavy atom. The van der Waals surface area contributed by atoms with Crippen molar-refractivity contribution in [1.29, 1.82) is 0 Å². The average molecular weight is 346 g/mol. The van der Waals surface area contributed by atoms with Crippen molar-refractivity contribution in [2.75, 3.05) is 19.8 Å². The van der Waals surface area contributed by atoms with Gasteiger partial charge in [0.05, 0.1) is 17.0 Å². The van der Waals surface area contributed by atoms with E-state index in [-0.39, 0.29) is 12.5 Å². The molecule has 1 aromatic rings. The maximum absolute atomic E-state index is 12.0. The Bertz CT molecular complexity index is 514. The number of hydrogen-bond acceptors (Lipinski definition) is 4. The van der Waals surface area contributed by atoms with E-state index < -0.39 is 12.0 Å². The molecule has 1 aliphatic heterocycles. The van der Waals surface area contributed by atoms with Gasteiger partial charge in [0.15, 0.2) is 6.04 Å². The van der Waals surface area contributed by atoms with Crippen LogP contribution in [0, 0.1) is 0 Å². The molecule has 0 spiro atoms. The Hall–Kier alpha value is -1.18. The highest BCUT2D eigenvalue weighted by atomic mass is 79.9. The molecule has 0 unspecified atom stereocenters. The topological polar surface area (TPSA) is 66.8 Å². The number of carbonyl (C=O) groups is 2. The minimum atomic E-state index is -1.04. The maximum Gasteiger partial charge on any atom is 0.328 e. The normalized spacial score (nSPS) is 19.8. The van der Waals surface area contributed by atoms with Gasteiger partial charge in [-0.25, -0.2) is 4.79 Å². The minimum Gasteiger partial charge on any atom is -0.480 e. The van der Waals surface area contributed by atoms with Gasteiger partial charge in [0.1, 0.15) is 0 Å². The van der Waals surface area contributed by atoms with E-state index >= 15 is 0 Å². The van der Waals surface area contributed by atoms with Crippen LogP contribution in [0.15, 0.2) is 22.0 Å². The van der Waals surface area contributed by atoms with Crippen LogP contribution in [0.3, 0.4) is 0 Å². The van der Waals surface area contributed by atoms with Gasteiger partial charge in [0.25, 0.3) is 0 Å². The van der Waals surface area contributed by atoms with Crippen LogP contribution in [0.5, 0.6) is 0 Å². The Kier molecular flexibility index (Phi) is 4.73. The second-order valence-electron chi connectivity index (χ2n) is 3.94. The molecule has 0 aliphatic carbocycles. The number of hydrogen-bond donors (Lipinski definition) is 1. The molecule has 1 amide bonds. The summed E-state index contributed by atoms with van der Waals surface area (Å²) in [6.45, 7) is 0.710. The van der Waals surface area contributed by atoms with E-state index in [2.05, 4.69) is 15.9 Å². The van der Waals surface area contributed by atoms with E-state index in [4.69, 9.17) is 9.84 Å². The number of nitrogens with zero attached hydrogens (tertiary/aromatic N) is 1. The zero-order valence-corrected chi connectivity index (χ0v) is 12.3. The Labute approximate surface area is 122 Å². The average Bonchev–Trinajstić information content (AvgIpc) is 2.81. The fourth-order valence-corrected chi connectivity index (χ4v) is 3.07. The largest absolute Gasteiger partial charge is 0.480 e. The van der Waals surface area contributed by atoms with Crippen molar-refractivity contribution in [3.63, 3.8) is 0 Å². The highest BCUT2D eigenvalue weighted by Gasteiger charge is 2.31. The summed E-state index contributed by atoms with van der Waals surface area (Å²) in [6.07, 6.45) is 3.09. The number of carboxylic acids is 1. The van der Waals surface area contributed by atoms with Crippen molar-refractivity contribution in [2.45, 2.75) is 6.04 Å². The molecule has 1 saturated heterocycles. The monoisotopic (exact) mass is 345 g/mol. The summed E-state index contributed by atoms with van der Waals surface area (Å²) in [5.74, 6) is -1.35. The number of morpholine rings is 1. The number of halogens is 1. The molecular formula is C12H12BrNO4S. The predicted octanol–water partition coefficient (Wildman–Crippen LogP) is 1.84. The van der Waals surface area contributed by atoms with Crippen LogP contribution in [0.4, 0.5) is 0 Å². The number of ether oxygens (including phenoxy) is 1. The van der Waals surface area contributed by atoms with Crippen LogP contribution in [0.2, 0.25) is 0 Å². The lowest BCUT2D eigenvalue weighted by molar-refractivity contribution is -0.156. The Balaban J connectivity index is 2.05. The number of rotatable bonds is 3. The summed E-state index contributed by atoms with van der Waals surface area (Å²) < 4.78 is 6.07. The van der Waals surface area contributed by atoms with E-state index in [9.17, 15) is 9.59 Å². The second-order valence-corrected chi connectivity index (χ2v) is 6.43. The van der Waals surface area contributed by atoms with Gasteiger partial charge >= 0.3 is 5.97 Å². The second kappa shape index (κ2) is 6.31. The lowest BCUT2D eigenvalue weighted by Gasteiger charge is -2.31. The number of carboxylic acid groups (broad SMARTS) is 1. The van der Waals surface area contributed by atoms with Gasteiger partial charge in [0, 0.05) is 17.5 Å². The highest BCUT2D eigenvalue weighted by molar-refractivity contribution is 9.11. The molecule has 2 heterocycles. The van der Waals surface area contributed by atoms with E-state index in [1.165, 1.54) is 22.3 Å². The van der Waals surface area contributed by atoms with Crippen molar-refractivity contribution in [1.82, 2.24) is 4.90 Å².